The molecule has 1 aromatic carbocycles. The lowest BCUT2D eigenvalue weighted by molar-refractivity contribution is -0.385. The van der Waals surface area contributed by atoms with Crippen LogP contribution in [0.5, 0.6) is 0 Å². The second kappa shape index (κ2) is 7.45. The van der Waals surface area contributed by atoms with E-state index in [4.69, 9.17) is 4.52 Å². The van der Waals surface area contributed by atoms with Crippen molar-refractivity contribution in [3.8, 4) is 0 Å². The average Bonchev–Trinajstić information content (AvgIpc) is 2.36. The topological polar surface area (TPSA) is 119 Å². The Balaban J connectivity index is 2.66. The van der Waals surface area contributed by atoms with Gasteiger partial charge in [0.1, 0.15) is 0 Å². The summed E-state index contributed by atoms with van der Waals surface area (Å²) in [6.07, 6.45) is -1.79. The van der Waals surface area contributed by atoms with E-state index >= 15 is 0 Å². The minimum atomic E-state index is -4.44. The molecule has 0 aliphatic heterocycles. The predicted octanol–water partition coefficient (Wildman–Crippen LogP) is 3.06. The van der Waals surface area contributed by atoms with Crippen LogP contribution in [0.1, 0.15) is 11.9 Å². The number of hydrogen-bond donors (Lipinski definition) is 2. The van der Waals surface area contributed by atoms with Gasteiger partial charge >= 0.3 is 7.82 Å². The number of non-ortho nitro benzene ring substituents is 1. The molecule has 8 nitrogen and oxygen atoms in total. The molecule has 2 unspecified atom stereocenters. The number of hydrogen-bond acceptors (Lipinski definition) is 6. The summed E-state index contributed by atoms with van der Waals surface area (Å²) < 4.78 is 21.2. The van der Waals surface area contributed by atoms with E-state index in [0.29, 0.717) is 6.04 Å². The van der Waals surface area contributed by atoms with Gasteiger partial charge in [-0.1, -0.05) is 31.8 Å². The standard InChI is InChI=1S/C12H20NO7PSi/c1-22(2,3)8-7-19-21(17,18)20-12(14)10-5-4-6-11(9-10)13(15)16/h4-6,9,12,14H,7-8H2,1-3H3,(H,17,18). The van der Waals surface area contributed by atoms with Gasteiger partial charge in [-0.15, -0.1) is 0 Å². The Bertz CT molecular complexity index is 575. The van der Waals surface area contributed by atoms with Gasteiger partial charge in [-0.2, -0.15) is 0 Å². The smallest absolute Gasteiger partial charge is 0.364 e. The molecule has 2 atom stereocenters. The van der Waals surface area contributed by atoms with E-state index in [0.717, 1.165) is 6.07 Å². The highest BCUT2D eigenvalue weighted by molar-refractivity contribution is 7.47. The van der Waals surface area contributed by atoms with Gasteiger partial charge in [-0.05, 0) is 6.04 Å². The van der Waals surface area contributed by atoms with Crippen LogP contribution in [0.25, 0.3) is 0 Å². The van der Waals surface area contributed by atoms with Crippen molar-refractivity contribution in [1.29, 1.82) is 0 Å². The Hall–Kier alpha value is -1.09. The number of aliphatic hydroxyl groups excluding tert-OH is 1. The first-order valence-electron chi connectivity index (χ1n) is 6.58. The number of phosphoric ester groups is 1. The fraction of sp³-hybridized carbons (Fsp3) is 0.500. The maximum absolute atomic E-state index is 11.7. The van der Waals surface area contributed by atoms with E-state index in [1.807, 2.05) is 0 Å². The number of aliphatic hydroxyl groups is 1. The summed E-state index contributed by atoms with van der Waals surface area (Å²) in [6.45, 7) is 6.29. The fourth-order valence-corrected chi connectivity index (χ4v) is 3.12. The zero-order chi connectivity index (χ0) is 17.0. The molecule has 0 aromatic heterocycles. The second-order valence-electron chi connectivity index (χ2n) is 5.92. The molecule has 0 aliphatic carbocycles. The van der Waals surface area contributed by atoms with Crippen molar-refractivity contribution in [2.24, 2.45) is 0 Å². The average molecular weight is 349 g/mol. The number of rotatable bonds is 8. The van der Waals surface area contributed by atoms with Gasteiger partial charge in [0.2, 0.25) is 0 Å². The quantitative estimate of drug-likeness (QED) is 0.243. The van der Waals surface area contributed by atoms with Crippen LogP contribution in [0.3, 0.4) is 0 Å². The van der Waals surface area contributed by atoms with Crippen molar-refractivity contribution < 1.29 is 28.5 Å². The second-order valence-corrected chi connectivity index (χ2v) is 12.9. The third-order valence-corrected chi connectivity index (χ3v) is 5.38. The SMILES string of the molecule is C[Si](C)(C)CCOP(=O)(O)OC(O)c1cccc([N+](=O)[O-])c1. The first-order valence-corrected chi connectivity index (χ1v) is 11.8. The number of benzene rings is 1. The van der Waals surface area contributed by atoms with Crippen LogP contribution in [-0.2, 0) is 13.6 Å². The van der Waals surface area contributed by atoms with Crippen molar-refractivity contribution in [1.82, 2.24) is 0 Å². The van der Waals surface area contributed by atoms with Gasteiger partial charge in [0.15, 0.2) is 6.29 Å². The van der Waals surface area contributed by atoms with Crippen molar-refractivity contribution in [3.05, 3.63) is 39.9 Å². The van der Waals surface area contributed by atoms with Crippen LogP contribution in [0.4, 0.5) is 5.69 Å². The molecular formula is C12H20NO7PSi. The highest BCUT2D eigenvalue weighted by Gasteiger charge is 2.28. The Labute approximate surface area is 129 Å². The van der Waals surface area contributed by atoms with Crippen LogP contribution in [0.15, 0.2) is 24.3 Å². The minimum Gasteiger partial charge on any atom is -0.364 e. The Morgan fingerprint density at radius 1 is 1.41 bits per heavy atom. The Kier molecular flexibility index (Phi) is 6.42. The van der Waals surface area contributed by atoms with Gasteiger partial charge in [0.25, 0.3) is 5.69 Å². The molecule has 0 fully saturated rings. The van der Waals surface area contributed by atoms with Crippen LogP contribution >= 0.6 is 7.82 Å². The molecule has 2 N–H and O–H groups in total. The van der Waals surface area contributed by atoms with Gasteiger partial charge in [0.05, 0.1) is 11.5 Å². The molecule has 0 spiro atoms. The normalized spacial score (nSPS) is 16.0. The largest absolute Gasteiger partial charge is 0.474 e. The van der Waals surface area contributed by atoms with Gasteiger partial charge < -0.3 is 10.00 Å². The summed E-state index contributed by atoms with van der Waals surface area (Å²) in [6, 6.07) is 5.65. The van der Waals surface area contributed by atoms with E-state index in [2.05, 4.69) is 24.2 Å². The first-order chi connectivity index (χ1) is 10.0. The highest BCUT2D eigenvalue weighted by Crippen LogP contribution is 2.47. The molecule has 1 rings (SSSR count). The summed E-state index contributed by atoms with van der Waals surface area (Å²) in [5.74, 6) is 0. The van der Waals surface area contributed by atoms with Crippen molar-refractivity contribution in [2.75, 3.05) is 6.61 Å². The molecule has 22 heavy (non-hydrogen) atoms. The highest BCUT2D eigenvalue weighted by atomic mass is 31.2. The molecule has 0 heterocycles. The lowest BCUT2D eigenvalue weighted by Gasteiger charge is -2.19. The molecule has 1 aromatic rings. The number of nitrogens with zero attached hydrogens (tertiary/aromatic N) is 1. The Morgan fingerprint density at radius 2 is 2.05 bits per heavy atom. The Morgan fingerprint density at radius 3 is 2.59 bits per heavy atom. The van der Waals surface area contributed by atoms with Gasteiger partial charge in [-0.3, -0.25) is 19.2 Å². The molecule has 10 heteroatoms. The lowest BCUT2D eigenvalue weighted by Crippen LogP contribution is -2.21. The summed E-state index contributed by atoms with van der Waals surface area (Å²) in [4.78, 5) is 19.6. The van der Waals surface area contributed by atoms with Crippen molar-refractivity contribution in [2.45, 2.75) is 32.0 Å². The number of nitro groups is 1. The molecule has 0 bridgehead atoms. The molecule has 0 saturated heterocycles. The van der Waals surface area contributed by atoms with Crippen LogP contribution in [-0.4, -0.2) is 29.6 Å². The molecule has 0 radical (unpaired) electrons. The zero-order valence-electron chi connectivity index (χ0n) is 12.6. The third-order valence-electron chi connectivity index (χ3n) is 2.71. The monoisotopic (exact) mass is 349 g/mol. The van der Waals surface area contributed by atoms with Gasteiger partial charge in [-0.25, -0.2) is 4.57 Å². The zero-order valence-corrected chi connectivity index (χ0v) is 14.5. The number of phosphoric acid groups is 1. The van der Waals surface area contributed by atoms with Crippen LogP contribution in [0, 0.1) is 10.1 Å². The molecular weight excluding hydrogens is 329 g/mol. The van der Waals surface area contributed by atoms with Gasteiger partial charge in [0, 0.05) is 25.8 Å². The number of nitro benzene ring substituents is 1. The molecule has 0 amide bonds. The van der Waals surface area contributed by atoms with Crippen molar-refractivity contribution in [3.63, 3.8) is 0 Å². The van der Waals surface area contributed by atoms with E-state index in [-0.39, 0.29) is 17.9 Å². The molecule has 124 valence electrons. The van der Waals surface area contributed by atoms with Crippen molar-refractivity contribution >= 4 is 21.6 Å². The maximum Gasteiger partial charge on any atom is 0.474 e. The summed E-state index contributed by atoms with van der Waals surface area (Å²) in [5.41, 5.74) is -0.259. The summed E-state index contributed by atoms with van der Waals surface area (Å²) in [7, 11) is -5.87. The predicted molar refractivity (Wildman–Crippen MR) is 83.1 cm³/mol. The summed E-state index contributed by atoms with van der Waals surface area (Å²) >= 11 is 0. The maximum atomic E-state index is 11.7. The van der Waals surface area contributed by atoms with E-state index in [1.54, 1.807) is 0 Å². The molecule has 0 aliphatic rings. The van der Waals surface area contributed by atoms with Crippen LogP contribution < -0.4 is 0 Å². The fourth-order valence-electron chi connectivity index (χ4n) is 1.48. The van der Waals surface area contributed by atoms with Crippen LogP contribution in [0.2, 0.25) is 25.7 Å². The van der Waals surface area contributed by atoms with E-state index in [1.165, 1.54) is 18.2 Å². The minimum absolute atomic E-state index is 0.00253. The summed E-state index contributed by atoms with van der Waals surface area (Å²) in [5, 5.41) is 20.4. The van der Waals surface area contributed by atoms with E-state index in [9.17, 15) is 24.7 Å². The lowest BCUT2D eigenvalue weighted by atomic mass is 10.2. The third kappa shape index (κ3) is 6.78. The molecule has 0 saturated carbocycles. The van der Waals surface area contributed by atoms with E-state index < -0.39 is 27.1 Å². The first kappa shape index (κ1) is 19.0.